The molecule has 7 heteroatoms. The Hall–Kier alpha value is -2.12. The SMILES string of the molecule is COc1ccc(/C=N\NC(=S)NCc2ccccc2)c(Br)c1OC. The van der Waals surface area contributed by atoms with E-state index < -0.39 is 0 Å². The van der Waals surface area contributed by atoms with Crippen molar-refractivity contribution in [3.8, 4) is 11.5 Å². The van der Waals surface area contributed by atoms with Gasteiger partial charge in [0.15, 0.2) is 16.6 Å². The molecular weight excluding hydrogens is 390 g/mol. The number of hydrazone groups is 1. The van der Waals surface area contributed by atoms with Crippen LogP contribution in [0.4, 0.5) is 0 Å². The van der Waals surface area contributed by atoms with Crippen molar-refractivity contribution in [1.29, 1.82) is 0 Å². The summed E-state index contributed by atoms with van der Waals surface area (Å²) in [5, 5.41) is 7.68. The van der Waals surface area contributed by atoms with E-state index in [1.165, 1.54) is 0 Å². The molecule has 0 bridgehead atoms. The highest BCUT2D eigenvalue weighted by molar-refractivity contribution is 9.10. The lowest BCUT2D eigenvalue weighted by molar-refractivity contribution is 0.353. The van der Waals surface area contributed by atoms with Gasteiger partial charge in [0.25, 0.3) is 0 Å². The number of nitrogens with zero attached hydrogens (tertiary/aromatic N) is 1. The predicted molar refractivity (Wildman–Crippen MR) is 104 cm³/mol. The molecule has 0 fully saturated rings. The molecule has 2 aromatic carbocycles. The zero-order chi connectivity index (χ0) is 17.4. The van der Waals surface area contributed by atoms with E-state index in [0.29, 0.717) is 23.2 Å². The number of hydrogen-bond donors (Lipinski definition) is 2. The molecule has 0 unspecified atom stereocenters. The fourth-order valence-corrected chi connectivity index (χ4v) is 2.70. The van der Waals surface area contributed by atoms with Crippen LogP contribution in [0.1, 0.15) is 11.1 Å². The van der Waals surface area contributed by atoms with Crippen LogP contribution in [0.3, 0.4) is 0 Å². The van der Waals surface area contributed by atoms with Crippen molar-refractivity contribution < 1.29 is 9.47 Å². The number of hydrogen-bond acceptors (Lipinski definition) is 4. The van der Waals surface area contributed by atoms with Crippen LogP contribution in [-0.4, -0.2) is 25.5 Å². The van der Waals surface area contributed by atoms with E-state index in [0.717, 1.165) is 15.6 Å². The van der Waals surface area contributed by atoms with Gasteiger partial charge in [-0.05, 0) is 45.8 Å². The maximum Gasteiger partial charge on any atom is 0.187 e. The van der Waals surface area contributed by atoms with Gasteiger partial charge < -0.3 is 14.8 Å². The zero-order valence-corrected chi connectivity index (χ0v) is 15.8. The molecule has 0 aliphatic heterocycles. The van der Waals surface area contributed by atoms with Crippen molar-refractivity contribution in [1.82, 2.24) is 10.7 Å². The van der Waals surface area contributed by atoms with Crippen LogP contribution in [0, 0.1) is 0 Å². The van der Waals surface area contributed by atoms with Crippen LogP contribution in [0.25, 0.3) is 0 Å². The Morgan fingerprint density at radius 3 is 2.58 bits per heavy atom. The largest absolute Gasteiger partial charge is 0.493 e. The second-order valence-electron chi connectivity index (χ2n) is 4.74. The fourth-order valence-electron chi connectivity index (χ4n) is 1.98. The molecule has 0 aromatic heterocycles. The Labute approximate surface area is 155 Å². The van der Waals surface area contributed by atoms with Crippen molar-refractivity contribution in [2.75, 3.05) is 14.2 Å². The second kappa shape index (κ2) is 9.24. The maximum atomic E-state index is 5.33. The highest BCUT2D eigenvalue weighted by Gasteiger charge is 2.11. The molecule has 126 valence electrons. The van der Waals surface area contributed by atoms with Gasteiger partial charge in [-0.15, -0.1) is 0 Å². The van der Waals surface area contributed by atoms with Crippen molar-refractivity contribution in [3.05, 3.63) is 58.1 Å². The quantitative estimate of drug-likeness (QED) is 0.436. The minimum Gasteiger partial charge on any atom is -0.493 e. The van der Waals surface area contributed by atoms with E-state index in [2.05, 4.69) is 31.8 Å². The van der Waals surface area contributed by atoms with Crippen molar-refractivity contribution in [2.24, 2.45) is 5.10 Å². The first kappa shape index (κ1) is 18.2. The van der Waals surface area contributed by atoms with E-state index in [1.54, 1.807) is 20.4 Å². The van der Waals surface area contributed by atoms with Crippen molar-refractivity contribution in [2.45, 2.75) is 6.54 Å². The summed E-state index contributed by atoms with van der Waals surface area (Å²) in [6, 6.07) is 13.7. The summed E-state index contributed by atoms with van der Waals surface area (Å²) in [6.07, 6.45) is 1.66. The van der Waals surface area contributed by atoms with E-state index in [4.69, 9.17) is 21.7 Å². The van der Waals surface area contributed by atoms with Gasteiger partial charge in [0.2, 0.25) is 0 Å². The van der Waals surface area contributed by atoms with Gasteiger partial charge >= 0.3 is 0 Å². The Morgan fingerprint density at radius 2 is 1.92 bits per heavy atom. The second-order valence-corrected chi connectivity index (χ2v) is 5.94. The number of ether oxygens (including phenoxy) is 2. The molecule has 0 saturated heterocycles. The number of benzene rings is 2. The molecule has 0 radical (unpaired) electrons. The van der Waals surface area contributed by atoms with Gasteiger partial charge in [0.1, 0.15) is 0 Å². The molecule has 2 rings (SSSR count). The summed E-state index contributed by atoms with van der Waals surface area (Å²) in [6.45, 7) is 0.641. The standard InChI is InChI=1S/C17H18BrN3O2S/c1-22-14-9-8-13(15(18)16(14)23-2)11-20-21-17(24)19-10-12-6-4-3-5-7-12/h3-9,11H,10H2,1-2H3,(H2,19,21,24)/b20-11-. The first-order valence-electron chi connectivity index (χ1n) is 7.17. The minimum absolute atomic E-state index is 0.451. The lowest BCUT2D eigenvalue weighted by atomic mass is 10.2. The molecule has 0 amide bonds. The summed E-state index contributed by atoms with van der Waals surface area (Å²) in [5.74, 6) is 1.26. The molecule has 5 nitrogen and oxygen atoms in total. The van der Waals surface area contributed by atoms with Crippen LogP contribution in [0.15, 0.2) is 52.0 Å². The first-order valence-corrected chi connectivity index (χ1v) is 8.37. The van der Waals surface area contributed by atoms with E-state index in [9.17, 15) is 0 Å². The van der Waals surface area contributed by atoms with Crippen LogP contribution in [-0.2, 0) is 6.54 Å². The third-order valence-electron chi connectivity index (χ3n) is 3.18. The summed E-state index contributed by atoms with van der Waals surface area (Å²) in [4.78, 5) is 0. The Bertz CT molecular complexity index is 723. The number of rotatable bonds is 6. The van der Waals surface area contributed by atoms with E-state index in [1.807, 2.05) is 42.5 Å². The lowest BCUT2D eigenvalue weighted by Crippen LogP contribution is -2.31. The molecule has 0 heterocycles. The first-order chi connectivity index (χ1) is 11.7. The molecule has 0 saturated carbocycles. The molecule has 2 N–H and O–H groups in total. The van der Waals surface area contributed by atoms with Crippen LogP contribution in [0.2, 0.25) is 0 Å². The minimum atomic E-state index is 0.451. The Balaban J connectivity index is 1.93. The highest BCUT2D eigenvalue weighted by atomic mass is 79.9. The Kier molecular flexibility index (Phi) is 7.02. The van der Waals surface area contributed by atoms with Crippen LogP contribution in [0.5, 0.6) is 11.5 Å². The zero-order valence-electron chi connectivity index (χ0n) is 13.4. The molecule has 0 aliphatic rings. The fraction of sp³-hybridized carbons (Fsp3) is 0.176. The molecule has 24 heavy (non-hydrogen) atoms. The van der Waals surface area contributed by atoms with Crippen LogP contribution < -0.4 is 20.2 Å². The monoisotopic (exact) mass is 407 g/mol. The normalized spacial score (nSPS) is 10.5. The number of halogens is 1. The number of thiocarbonyl (C=S) groups is 1. The molecular formula is C17H18BrN3O2S. The molecule has 0 atom stereocenters. The van der Waals surface area contributed by atoms with Gasteiger partial charge in [0.05, 0.1) is 24.9 Å². The van der Waals surface area contributed by atoms with Gasteiger partial charge in [-0.2, -0.15) is 5.10 Å². The summed E-state index contributed by atoms with van der Waals surface area (Å²) >= 11 is 8.69. The third kappa shape index (κ3) is 4.94. The number of methoxy groups -OCH3 is 2. The van der Waals surface area contributed by atoms with E-state index >= 15 is 0 Å². The summed E-state index contributed by atoms with van der Waals surface area (Å²) < 4.78 is 11.3. The van der Waals surface area contributed by atoms with Gasteiger partial charge in [-0.1, -0.05) is 30.3 Å². The Morgan fingerprint density at radius 1 is 1.17 bits per heavy atom. The number of nitrogens with one attached hydrogen (secondary N) is 2. The van der Waals surface area contributed by atoms with Gasteiger partial charge in [0, 0.05) is 12.1 Å². The third-order valence-corrected chi connectivity index (χ3v) is 4.23. The topological polar surface area (TPSA) is 54.9 Å². The predicted octanol–water partition coefficient (Wildman–Crippen LogP) is 3.46. The smallest absolute Gasteiger partial charge is 0.187 e. The summed E-state index contributed by atoms with van der Waals surface area (Å²) in [7, 11) is 3.18. The average molecular weight is 408 g/mol. The van der Waals surface area contributed by atoms with Gasteiger partial charge in [-0.25, -0.2) is 0 Å². The molecule has 2 aromatic rings. The van der Waals surface area contributed by atoms with Gasteiger partial charge in [-0.3, -0.25) is 5.43 Å². The summed E-state index contributed by atoms with van der Waals surface area (Å²) in [5.41, 5.74) is 4.78. The van der Waals surface area contributed by atoms with E-state index in [-0.39, 0.29) is 0 Å². The van der Waals surface area contributed by atoms with Crippen molar-refractivity contribution >= 4 is 39.5 Å². The lowest BCUT2D eigenvalue weighted by Gasteiger charge is -2.11. The highest BCUT2D eigenvalue weighted by Crippen LogP contribution is 2.36. The van der Waals surface area contributed by atoms with Crippen LogP contribution >= 0.6 is 28.1 Å². The maximum absolute atomic E-state index is 5.33. The molecule has 0 aliphatic carbocycles. The molecule has 0 spiro atoms. The van der Waals surface area contributed by atoms with Crippen molar-refractivity contribution in [3.63, 3.8) is 0 Å². The average Bonchev–Trinajstić information content (AvgIpc) is 2.62.